The summed E-state index contributed by atoms with van der Waals surface area (Å²) < 4.78 is 0. The molecule has 1 aromatic carbocycles. The minimum absolute atomic E-state index is 0.645. The molecular formula is C15H15N3S. The Kier molecular flexibility index (Phi) is 3.31. The van der Waals surface area contributed by atoms with Crippen LogP contribution >= 0.6 is 11.8 Å². The Morgan fingerprint density at radius 3 is 3.16 bits per heavy atom. The fraction of sp³-hybridized carbons (Fsp3) is 0.333. The van der Waals surface area contributed by atoms with Crippen molar-refractivity contribution in [2.24, 2.45) is 0 Å². The number of anilines is 1. The normalized spacial score (nSPS) is 13.3. The van der Waals surface area contributed by atoms with Crippen LogP contribution in [0.1, 0.15) is 24.5 Å². The third-order valence-corrected chi connectivity index (χ3v) is 4.48. The average molecular weight is 269 g/mol. The van der Waals surface area contributed by atoms with Crippen LogP contribution in [0, 0.1) is 11.3 Å². The summed E-state index contributed by atoms with van der Waals surface area (Å²) in [5.74, 6) is 1.12. The Bertz CT molecular complexity index is 673. The second kappa shape index (κ2) is 5.10. The molecule has 3 nitrogen and oxygen atoms in total. The molecule has 0 amide bonds. The highest BCUT2D eigenvalue weighted by molar-refractivity contribution is 7.99. The van der Waals surface area contributed by atoms with Crippen LogP contribution < -0.4 is 5.32 Å². The van der Waals surface area contributed by atoms with Gasteiger partial charge in [0, 0.05) is 28.8 Å². The highest BCUT2D eigenvalue weighted by Crippen LogP contribution is 2.39. The molecule has 0 fully saturated rings. The third kappa shape index (κ3) is 2.04. The van der Waals surface area contributed by atoms with E-state index in [1.165, 1.54) is 10.5 Å². The first-order chi connectivity index (χ1) is 9.35. The lowest BCUT2D eigenvalue weighted by atomic mass is 10.0. The van der Waals surface area contributed by atoms with Gasteiger partial charge >= 0.3 is 0 Å². The molecule has 1 N–H and O–H groups in total. The first-order valence-corrected chi connectivity index (χ1v) is 7.55. The number of nitrogens with zero attached hydrogens (tertiary/aromatic N) is 2. The Morgan fingerprint density at radius 1 is 1.47 bits per heavy atom. The molecule has 0 bridgehead atoms. The molecule has 0 unspecified atom stereocenters. The van der Waals surface area contributed by atoms with E-state index in [0.717, 1.165) is 41.7 Å². The van der Waals surface area contributed by atoms with Crippen LogP contribution in [-0.2, 0) is 6.42 Å². The molecule has 3 rings (SSSR count). The van der Waals surface area contributed by atoms with E-state index in [1.807, 2.05) is 11.8 Å². The van der Waals surface area contributed by atoms with Gasteiger partial charge in [0.2, 0.25) is 0 Å². The zero-order valence-electron chi connectivity index (χ0n) is 10.9. The second-order valence-electron chi connectivity index (χ2n) is 4.62. The van der Waals surface area contributed by atoms with Crippen molar-refractivity contribution < 1.29 is 0 Å². The summed E-state index contributed by atoms with van der Waals surface area (Å²) in [7, 11) is 0. The number of nitriles is 1. The van der Waals surface area contributed by atoms with E-state index in [4.69, 9.17) is 0 Å². The Labute approximate surface area is 117 Å². The third-order valence-electron chi connectivity index (χ3n) is 3.38. The maximum absolute atomic E-state index is 9.29. The number of hydrogen-bond donors (Lipinski definition) is 1. The Hall–Kier alpha value is -1.73. The van der Waals surface area contributed by atoms with Crippen LogP contribution in [0.3, 0.4) is 0 Å². The summed E-state index contributed by atoms with van der Waals surface area (Å²) in [5.41, 5.74) is 3.95. The molecule has 0 saturated carbocycles. The zero-order chi connectivity index (χ0) is 13.2. The zero-order valence-corrected chi connectivity index (χ0v) is 11.7. The van der Waals surface area contributed by atoms with E-state index in [-0.39, 0.29) is 0 Å². The fourth-order valence-electron chi connectivity index (χ4n) is 2.50. The molecule has 2 aromatic rings. The standard InChI is InChI=1S/C15H15N3S/c1-2-6-17-15-10(8-16)9-18-12-3-4-13-11(14(12)15)5-7-19-13/h3-4,9H,2,5-7H2,1H3,(H,17,18). The van der Waals surface area contributed by atoms with Crippen molar-refractivity contribution in [1.29, 1.82) is 5.26 Å². The number of benzene rings is 1. The lowest BCUT2D eigenvalue weighted by molar-refractivity contribution is 0.979. The van der Waals surface area contributed by atoms with Crippen LogP contribution in [-0.4, -0.2) is 17.3 Å². The topological polar surface area (TPSA) is 48.7 Å². The predicted octanol–water partition coefficient (Wildman–Crippen LogP) is 3.58. The molecule has 0 atom stereocenters. The summed E-state index contributed by atoms with van der Waals surface area (Å²) >= 11 is 1.89. The second-order valence-corrected chi connectivity index (χ2v) is 5.76. The van der Waals surface area contributed by atoms with Gasteiger partial charge in [-0.05, 0) is 30.5 Å². The molecule has 1 aromatic heterocycles. The summed E-state index contributed by atoms with van der Waals surface area (Å²) in [4.78, 5) is 5.76. The molecule has 4 heteroatoms. The largest absolute Gasteiger partial charge is 0.383 e. The first-order valence-electron chi connectivity index (χ1n) is 6.56. The van der Waals surface area contributed by atoms with Gasteiger partial charge < -0.3 is 5.32 Å². The van der Waals surface area contributed by atoms with Gasteiger partial charge in [-0.15, -0.1) is 11.8 Å². The van der Waals surface area contributed by atoms with Crippen LogP contribution in [0.4, 0.5) is 5.69 Å². The molecule has 19 heavy (non-hydrogen) atoms. The summed E-state index contributed by atoms with van der Waals surface area (Å²) in [6, 6.07) is 6.47. The number of thioether (sulfide) groups is 1. The summed E-state index contributed by atoms with van der Waals surface area (Å²) in [5, 5.41) is 13.9. The quantitative estimate of drug-likeness (QED) is 0.925. The molecule has 0 saturated heterocycles. The maximum Gasteiger partial charge on any atom is 0.103 e. The van der Waals surface area contributed by atoms with Crippen molar-refractivity contribution in [2.75, 3.05) is 17.6 Å². The van der Waals surface area contributed by atoms with Crippen molar-refractivity contribution in [2.45, 2.75) is 24.7 Å². The number of fused-ring (bicyclic) bond motifs is 3. The molecule has 2 heterocycles. The van der Waals surface area contributed by atoms with Gasteiger partial charge in [0.15, 0.2) is 0 Å². The van der Waals surface area contributed by atoms with Gasteiger partial charge in [0.25, 0.3) is 0 Å². The first kappa shape index (κ1) is 12.3. The van der Waals surface area contributed by atoms with Gasteiger partial charge in [0.05, 0.1) is 16.8 Å². The summed E-state index contributed by atoms with van der Waals surface area (Å²) in [6.45, 7) is 3.01. The van der Waals surface area contributed by atoms with E-state index in [0.29, 0.717) is 5.56 Å². The van der Waals surface area contributed by atoms with E-state index in [9.17, 15) is 5.26 Å². The highest BCUT2D eigenvalue weighted by Gasteiger charge is 2.19. The van der Waals surface area contributed by atoms with Gasteiger partial charge in [-0.3, -0.25) is 4.98 Å². The molecule has 1 aliphatic heterocycles. The van der Waals surface area contributed by atoms with Gasteiger partial charge in [0.1, 0.15) is 6.07 Å². The number of pyridine rings is 1. The van der Waals surface area contributed by atoms with Crippen LogP contribution in [0.2, 0.25) is 0 Å². The molecule has 0 spiro atoms. The number of hydrogen-bond acceptors (Lipinski definition) is 4. The maximum atomic E-state index is 9.29. The van der Waals surface area contributed by atoms with Crippen molar-refractivity contribution in [3.8, 4) is 6.07 Å². The number of nitrogens with one attached hydrogen (secondary N) is 1. The Morgan fingerprint density at radius 2 is 2.37 bits per heavy atom. The van der Waals surface area contributed by atoms with Crippen LogP contribution in [0.5, 0.6) is 0 Å². The van der Waals surface area contributed by atoms with Crippen LogP contribution in [0.15, 0.2) is 23.2 Å². The van der Waals surface area contributed by atoms with Crippen molar-refractivity contribution in [3.05, 3.63) is 29.5 Å². The monoisotopic (exact) mass is 269 g/mol. The molecule has 0 aliphatic carbocycles. The van der Waals surface area contributed by atoms with E-state index < -0.39 is 0 Å². The van der Waals surface area contributed by atoms with Crippen molar-refractivity contribution >= 4 is 28.4 Å². The lowest BCUT2D eigenvalue weighted by Gasteiger charge is -2.13. The number of aromatic nitrogens is 1. The van der Waals surface area contributed by atoms with Crippen molar-refractivity contribution in [1.82, 2.24) is 4.98 Å². The average Bonchev–Trinajstić information content (AvgIpc) is 2.92. The van der Waals surface area contributed by atoms with E-state index in [2.05, 4.69) is 35.4 Å². The predicted molar refractivity (Wildman–Crippen MR) is 79.7 cm³/mol. The van der Waals surface area contributed by atoms with Gasteiger partial charge in [-0.1, -0.05) is 6.92 Å². The molecule has 96 valence electrons. The number of rotatable bonds is 3. The Balaban J connectivity index is 2.28. The van der Waals surface area contributed by atoms with Gasteiger partial charge in [-0.2, -0.15) is 5.26 Å². The number of aryl methyl sites for hydroxylation is 1. The minimum Gasteiger partial charge on any atom is -0.383 e. The van der Waals surface area contributed by atoms with E-state index >= 15 is 0 Å². The molecular weight excluding hydrogens is 254 g/mol. The van der Waals surface area contributed by atoms with E-state index in [1.54, 1.807) is 6.20 Å². The minimum atomic E-state index is 0.645. The molecule has 1 aliphatic rings. The summed E-state index contributed by atoms with van der Waals surface area (Å²) in [6.07, 6.45) is 3.78. The molecule has 0 radical (unpaired) electrons. The lowest BCUT2D eigenvalue weighted by Crippen LogP contribution is -2.04. The smallest absolute Gasteiger partial charge is 0.103 e. The SMILES string of the molecule is CCCNc1c(C#N)cnc2ccc3c(c12)CCS3. The highest BCUT2D eigenvalue weighted by atomic mass is 32.2. The fourth-order valence-corrected chi connectivity index (χ4v) is 3.57. The van der Waals surface area contributed by atoms with Gasteiger partial charge in [-0.25, -0.2) is 0 Å². The van der Waals surface area contributed by atoms with Crippen molar-refractivity contribution in [3.63, 3.8) is 0 Å². The van der Waals surface area contributed by atoms with Crippen LogP contribution in [0.25, 0.3) is 10.9 Å².